The van der Waals surface area contributed by atoms with Crippen molar-refractivity contribution in [2.24, 2.45) is 0 Å². The molecule has 1 heteroatoms. The van der Waals surface area contributed by atoms with Crippen LogP contribution in [0.2, 0.25) is 0 Å². The Morgan fingerprint density at radius 3 is 1.34 bits per heavy atom. The number of fused-ring (bicyclic) bond motifs is 10. The number of para-hydroxylation sites is 1. The van der Waals surface area contributed by atoms with E-state index in [-0.39, 0.29) is 0 Å². The Morgan fingerprint density at radius 2 is 0.750 bits per heavy atom. The molecule has 0 heterocycles. The molecule has 7 aromatic rings. The summed E-state index contributed by atoms with van der Waals surface area (Å²) in [5.41, 5.74) is -13.3. The van der Waals surface area contributed by atoms with E-state index in [4.69, 9.17) is 24.7 Å². The minimum atomic E-state index is -2.84. The van der Waals surface area contributed by atoms with Crippen molar-refractivity contribution in [1.82, 2.24) is 0 Å². The highest BCUT2D eigenvalue weighted by molar-refractivity contribution is 5.96. The topological polar surface area (TPSA) is 3.24 Å². The minimum absolute atomic E-state index is 0.362. The van der Waals surface area contributed by atoms with Crippen molar-refractivity contribution in [3.63, 3.8) is 0 Å². The summed E-state index contributed by atoms with van der Waals surface area (Å²) in [5, 5.41) is 0. The first kappa shape index (κ1) is 9.42. The normalized spacial score (nSPS) is 22.4. The third kappa shape index (κ3) is 3.47. The Hall–Kier alpha value is -5.66. The van der Waals surface area contributed by atoms with E-state index < -0.39 is 253 Å². The molecule has 2 aliphatic rings. The van der Waals surface area contributed by atoms with Gasteiger partial charge < -0.3 is 4.90 Å². The predicted octanol–water partition coefficient (Wildman–Crippen LogP) is 11.2. The molecule has 44 heavy (non-hydrogen) atoms. The largest absolute Gasteiger partial charge is 0.310 e. The molecular weight excluding hydrogens is 530 g/mol. The van der Waals surface area contributed by atoms with Crippen molar-refractivity contribution >= 4 is 17.1 Å². The molecule has 0 bridgehead atoms. The molecule has 0 atom stereocenters. The van der Waals surface area contributed by atoms with Gasteiger partial charge in [-0.1, -0.05) is 139 Å². The van der Waals surface area contributed by atoms with Crippen molar-refractivity contribution in [3.8, 4) is 33.4 Å². The summed E-state index contributed by atoms with van der Waals surface area (Å²) in [5.74, 6) is 0. The van der Waals surface area contributed by atoms with Crippen molar-refractivity contribution in [2.75, 3.05) is 4.90 Å². The molecule has 0 aliphatic heterocycles. The van der Waals surface area contributed by atoms with Crippen LogP contribution in [0.4, 0.5) is 17.1 Å². The van der Waals surface area contributed by atoms with Gasteiger partial charge in [-0.2, -0.15) is 0 Å². The maximum atomic E-state index is 10.1. The fourth-order valence-electron chi connectivity index (χ4n) is 5.68. The summed E-state index contributed by atoms with van der Waals surface area (Å²) >= 11 is 0. The molecule has 206 valence electrons. The van der Waals surface area contributed by atoms with Gasteiger partial charge in [-0.15, -0.1) is 0 Å². The molecule has 0 saturated heterocycles. The zero-order chi connectivity index (χ0) is 54.3. The summed E-state index contributed by atoms with van der Waals surface area (Å²) in [6.45, 7) is 0. The van der Waals surface area contributed by atoms with Gasteiger partial charge in [0, 0.05) is 17.1 Å². The molecule has 0 radical (unpaired) electrons. The van der Waals surface area contributed by atoms with Gasteiger partial charge in [0.2, 0.25) is 0 Å². The molecule has 0 N–H and O–H groups in total. The first-order valence-electron chi connectivity index (χ1n) is 27.4. The lowest BCUT2D eigenvalue weighted by Gasteiger charge is -2.31. The molecule has 2 aliphatic carbocycles. The smallest absolute Gasteiger partial charge is 0.0725 e. The van der Waals surface area contributed by atoms with Gasteiger partial charge >= 0.3 is 0 Å². The Morgan fingerprint density at radius 1 is 0.341 bits per heavy atom. The standard InChI is InChI=1S/C43H29N/c1-3-13-30(14-4-1)31-23-25-33(26-24-31)44(32-15-5-2-6-16-32)34-27-28-42-38(29-34)37-19-9-12-22-41(37)43(42)39-20-10-7-17-35(39)36-18-8-11-21-40(36)43/h1-29H/i1D,2D,3D,4D,5D,6D,7D,8D,9D,10D,11D,12D,13D,14D,15D,16D,17D,18D,19D,20D,21D,22D,23D,24D,25D,26D,27D,28D,29D. The van der Waals surface area contributed by atoms with Crippen molar-refractivity contribution < 1.29 is 39.8 Å². The fraction of sp³-hybridized carbons (Fsp3) is 0.0233. The van der Waals surface area contributed by atoms with Gasteiger partial charge in [-0.3, -0.25) is 0 Å². The summed E-state index contributed by atoms with van der Waals surface area (Å²) in [6.07, 6.45) is 0. The third-order valence-corrected chi connectivity index (χ3v) is 7.38. The molecular formula is C43H29N. The van der Waals surface area contributed by atoms with Gasteiger partial charge in [-0.25, -0.2) is 0 Å². The van der Waals surface area contributed by atoms with Gasteiger partial charge in [0.15, 0.2) is 0 Å². The molecule has 1 spiro atoms. The van der Waals surface area contributed by atoms with Crippen LogP contribution in [0.5, 0.6) is 0 Å². The van der Waals surface area contributed by atoms with Crippen LogP contribution in [0.1, 0.15) is 62.0 Å². The Kier molecular flexibility index (Phi) is 2.07. The van der Waals surface area contributed by atoms with E-state index in [1.165, 1.54) is 0 Å². The third-order valence-electron chi connectivity index (χ3n) is 7.38. The molecule has 0 unspecified atom stereocenters. The SMILES string of the molecule is [2H]c1c([2H])c([2H])c(-c2c([2H])c([2H])c(N(c3c([2H])c([2H])c([2H])c([2H])c3[2H])c3c([2H])c([2H])c4c(c3[2H])-c3c([2H])c([2H])c([2H])c([2H])c3C43c4c([2H])c([2H])c([2H])c([2H])c4-c4c([2H])c([2H])c([2H])c([2H])c43)c([2H])c2[2H])c([2H])c1[2H]. The van der Waals surface area contributed by atoms with E-state index in [9.17, 15) is 15.1 Å². The maximum Gasteiger partial charge on any atom is 0.0725 e. The monoisotopic (exact) mass is 588 g/mol. The highest BCUT2D eigenvalue weighted by atomic mass is 15.1. The number of hydrogen-bond acceptors (Lipinski definition) is 1. The average molecular weight is 589 g/mol. The highest BCUT2D eigenvalue weighted by Crippen LogP contribution is 2.63. The predicted molar refractivity (Wildman–Crippen MR) is 183 cm³/mol. The number of nitrogens with zero attached hydrogens (tertiary/aromatic N) is 1. The first-order valence-corrected chi connectivity index (χ1v) is 12.9. The van der Waals surface area contributed by atoms with Gasteiger partial charge in [0.25, 0.3) is 0 Å². The fourth-order valence-corrected chi connectivity index (χ4v) is 5.68. The summed E-state index contributed by atoms with van der Waals surface area (Å²) in [4.78, 5) is 0.362. The molecule has 1 nitrogen and oxygen atoms in total. The summed E-state index contributed by atoms with van der Waals surface area (Å²) in [6, 6.07) is -29.9. The quantitative estimate of drug-likeness (QED) is 0.198. The van der Waals surface area contributed by atoms with Crippen molar-refractivity contribution in [3.05, 3.63) is 197 Å². The summed E-state index contributed by atoms with van der Waals surface area (Å²) < 4.78 is 261. The molecule has 9 rings (SSSR count). The van der Waals surface area contributed by atoms with Crippen LogP contribution in [-0.4, -0.2) is 0 Å². The molecule has 7 aromatic carbocycles. The number of anilines is 3. The average Bonchev–Trinajstić information content (AvgIpc) is 3.85. The van der Waals surface area contributed by atoms with E-state index in [0.29, 0.717) is 4.90 Å². The van der Waals surface area contributed by atoms with Crippen molar-refractivity contribution in [1.29, 1.82) is 0 Å². The summed E-state index contributed by atoms with van der Waals surface area (Å²) in [7, 11) is 0. The second kappa shape index (κ2) is 9.69. The van der Waals surface area contributed by atoms with E-state index in [1.54, 1.807) is 0 Å². The highest BCUT2D eigenvalue weighted by Gasteiger charge is 2.51. The van der Waals surface area contributed by atoms with E-state index in [1.807, 2.05) is 0 Å². The van der Waals surface area contributed by atoms with Crippen LogP contribution >= 0.6 is 0 Å². The van der Waals surface area contributed by atoms with Crippen LogP contribution < -0.4 is 4.90 Å². The van der Waals surface area contributed by atoms with Crippen molar-refractivity contribution in [2.45, 2.75) is 5.41 Å². The lowest BCUT2D eigenvalue weighted by atomic mass is 9.70. The minimum Gasteiger partial charge on any atom is -0.310 e. The van der Waals surface area contributed by atoms with E-state index in [2.05, 4.69) is 0 Å². The zero-order valence-corrected chi connectivity index (χ0v) is 21.9. The Labute approximate surface area is 299 Å². The van der Waals surface area contributed by atoms with Crippen LogP contribution in [0.3, 0.4) is 0 Å². The number of rotatable bonds is 4. The number of hydrogen-bond donors (Lipinski definition) is 0. The van der Waals surface area contributed by atoms with Crippen LogP contribution in [-0.2, 0) is 5.41 Å². The van der Waals surface area contributed by atoms with Crippen LogP contribution in [0, 0.1) is 0 Å². The zero-order valence-electron chi connectivity index (χ0n) is 50.9. The Bertz CT molecular complexity index is 3650. The van der Waals surface area contributed by atoms with Gasteiger partial charge in [-0.05, 0) is 91.9 Å². The molecule has 0 amide bonds. The van der Waals surface area contributed by atoms with Gasteiger partial charge in [0.05, 0.1) is 45.2 Å². The van der Waals surface area contributed by atoms with Crippen LogP contribution in [0.15, 0.2) is 175 Å². The molecule has 0 aromatic heterocycles. The molecule has 0 saturated carbocycles. The van der Waals surface area contributed by atoms with E-state index in [0.717, 1.165) is 0 Å². The molecule has 0 fully saturated rings. The lowest BCUT2D eigenvalue weighted by molar-refractivity contribution is 0.794. The first-order chi connectivity index (χ1) is 33.9. The lowest BCUT2D eigenvalue weighted by Crippen LogP contribution is -2.25. The Balaban J connectivity index is 1.56. The van der Waals surface area contributed by atoms with Gasteiger partial charge in [0.1, 0.15) is 0 Å². The second-order valence-corrected chi connectivity index (χ2v) is 9.51. The van der Waals surface area contributed by atoms with E-state index >= 15 is 0 Å². The maximum absolute atomic E-state index is 10.1. The van der Waals surface area contributed by atoms with Crippen LogP contribution in [0.25, 0.3) is 33.4 Å². The second-order valence-electron chi connectivity index (χ2n) is 9.51. The number of benzene rings is 7.